The first kappa shape index (κ1) is 18.1. The minimum atomic E-state index is -4.45. The van der Waals surface area contributed by atoms with Crippen LogP contribution in [0.1, 0.15) is 12.3 Å². The van der Waals surface area contributed by atoms with Crippen LogP contribution in [0.5, 0.6) is 0 Å². The van der Waals surface area contributed by atoms with Gasteiger partial charge in [-0.05, 0) is 23.6 Å². The molecule has 0 aliphatic carbocycles. The fraction of sp³-hybridized carbons (Fsp3) is 0.133. The average Bonchev–Trinajstić information content (AvgIpc) is 3.23. The molecule has 2 heterocycles. The summed E-state index contributed by atoms with van der Waals surface area (Å²) in [5, 5.41) is 11.3. The fourth-order valence-electron chi connectivity index (χ4n) is 2.03. The summed E-state index contributed by atoms with van der Waals surface area (Å²) in [7, 11) is -4.45. The second-order valence-electron chi connectivity index (χ2n) is 5.12. The van der Waals surface area contributed by atoms with E-state index in [0.29, 0.717) is 12.0 Å². The molecule has 1 aromatic carbocycles. The van der Waals surface area contributed by atoms with E-state index in [4.69, 9.17) is 4.42 Å². The number of nitrogens with zero attached hydrogens (tertiary/aromatic N) is 2. The number of halogens is 2. The molecule has 3 aromatic rings. The van der Waals surface area contributed by atoms with E-state index in [1.807, 2.05) is 10.8 Å². The molecule has 0 saturated heterocycles. The smallest absolute Gasteiger partial charge is 0.266 e. The highest BCUT2D eigenvalue weighted by atomic mass is 32.2. The third-order valence-corrected chi connectivity index (χ3v) is 5.32. The molecule has 0 fully saturated rings. The van der Waals surface area contributed by atoms with Crippen molar-refractivity contribution < 1.29 is 26.4 Å². The fourth-order valence-corrected chi connectivity index (χ4v) is 3.73. The Labute approximate surface area is 150 Å². The first-order chi connectivity index (χ1) is 12.3. The Bertz CT molecular complexity index is 1030. The van der Waals surface area contributed by atoms with Crippen LogP contribution in [0.3, 0.4) is 0 Å². The van der Waals surface area contributed by atoms with E-state index < -0.39 is 32.5 Å². The first-order valence-electron chi connectivity index (χ1n) is 7.21. The molecule has 1 amide bonds. The number of hydrogen-bond donors (Lipinski definition) is 1. The number of nitrogens with one attached hydrogen (secondary N) is 1. The third-order valence-electron chi connectivity index (χ3n) is 3.23. The Morgan fingerprint density at radius 2 is 2.04 bits per heavy atom. The Morgan fingerprint density at radius 1 is 1.23 bits per heavy atom. The molecule has 0 radical (unpaired) electrons. The van der Waals surface area contributed by atoms with Gasteiger partial charge in [0.15, 0.2) is 0 Å². The van der Waals surface area contributed by atoms with Crippen molar-refractivity contribution in [1.82, 2.24) is 14.9 Å². The number of rotatable bonds is 6. The highest BCUT2D eigenvalue weighted by Crippen LogP contribution is 2.21. The van der Waals surface area contributed by atoms with Gasteiger partial charge in [-0.2, -0.15) is 11.3 Å². The van der Waals surface area contributed by atoms with E-state index in [0.717, 1.165) is 17.7 Å². The number of aromatic nitrogens is 2. The van der Waals surface area contributed by atoms with Crippen LogP contribution >= 0.6 is 11.3 Å². The molecule has 0 saturated carbocycles. The van der Waals surface area contributed by atoms with E-state index in [-0.39, 0.29) is 18.7 Å². The Balaban J connectivity index is 1.62. The van der Waals surface area contributed by atoms with Gasteiger partial charge in [0.25, 0.3) is 10.0 Å². The van der Waals surface area contributed by atoms with Gasteiger partial charge in [0, 0.05) is 29.9 Å². The monoisotopic (exact) mass is 399 g/mol. The summed E-state index contributed by atoms with van der Waals surface area (Å²) in [5.41, 5.74) is 0.743. The van der Waals surface area contributed by atoms with E-state index >= 15 is 0 Å². The van der Waals surface area contributed by atoms with Gasteiger partial charge in [0.05, 0.1) is 0 Å². The van der Waals surface area contributed by atoms with Crippen LogP contribution < -0.4 is 4.72 Å². The third kappa shape index (κ3) is 4.11. The summed E-state index contributed by atoms with van der Waals surface area (Å²) in [5.74, 6) is -2.65. The molecule has 7 nitrogen and oxygen atoms in total. The van der Waals surface area contributed by atoms with Gasteiger partial charge < -0.3 is 4.42 Å². The van der Waals surface area contributed by atoms with Gasteiger partial charge >= 0.3 is 0 Å². The second-order valence-corrected chi connectivity index (χ2v) is 7.55. The van der Waals surface area contributed by atoms with Gasteiger partial charge in [0.2, 0.25) is 17.7 Å². The topological polar surface area (TPSA) is 102 Å². The molecule has 26 heavy (non-hydrogen) atoms. The number of benzene rings is 1. The van der Waals surface area contributed by atoms with Gasteiger partial charge in [0.1, 0.15) is 16.5 Å². The standard InChI is InChI=1S/C15H11F2N3O4S2/c16-10-1-2-12(11(17)7-10)26(22,23)20-13(21)3-4-14-18-19-15(24-14)9-5-6-25-8-9/h1-2,5-8H,3-4H2,(H,20,21). The van der Waals surface area contributed by atoms with E-state index in [1.165, 1.54) is 11.3 Å². The zero-order valence-corrected chi connectivity index (χ0v) is 14.6. The molecule has 0 unspecified atom stereocenters. The highest BCUT2D eigenvalue weighted by Gasteiger charge is 2.22. The van der Waals surface area contributed by atoms with Gasteiger partial charge in [-0.3, -0.25) is 4.79 Å². The van der Waals surface area contributed by atoms with Gasteiger partial charge in [-0.15, -0.1) is 10.2 Å². The van der Waals surface area contributed by atoms with Crippen molar-refractivity contribution >= 4 is 27.3 Å². The quantitative estimate of drug-likeness (QED) is 0.683. The second kappa shape index (κ2) is 7.30. The Hall–Kier alpha value is -2.66. The van der Waals surface area contributed by atoms with Crippen LogP contribution in [0.25, 0.3) is 11.5 Å². The number of sulfonamides is 1. The predicted octanol–water partition coefficient (Wildman–Crippen LogP) is 2.51. The zero-order chi connectivity index (χ0) is 18.7. The van der Waals surface area contributed by atoms with Crippen LogP contribution in [0, 0.1) is 11.6 Å². The molecule has 0 aliphatic heterocycles. The molecule has 3 rings (SSSR count). The maximum absolute atomic E-state index is 13.6. The summed E-state index contributed by atoms with van der Waals surface area (Å²) in [4.78, 5) is 11.0. The van der Waals surface area contributed by atoms with Crippen LogP contribution in [0.15, 0.2) is 44.3 Å². The molecule has 1 N–H and O–H groups in total. The van der Waals surface area contributed by atoms with Crippen LogP contribution in [-0.4, -0.2) is 24.5 Å². The Morgan fingerprint density at radius 3 is 2.73 bits per heavy atom. The number of hydrogen-bond acceptors (Lipinski definition) is 7. The number of carbonyl (C=O) groups is 1. The van der Waals surface area contributed by atoms with E-state index in [2.05, 4.69) is 10.2 Å². The lowest BCUT2D eigenvalue weighted by atomic mass is 10.3. The van der Waals surface area contributed by atoms with Crippen LogP contribution in [-0.2, 0) is 21.2 Å². The number of thiophene rings is 1. The minimum absolute atomic E-state index is 0.00436. The lowest BCUT2D eigenvalue weighted by Crippen LogP contribution is -2.31. The predicted molar refractivity (Wildman–Crippen MR) is 87.6 cm³/mol. The largest absolute Gasteiger partial charge is 0.421 e. The van der Waals surface area contributed by atoms with Crippen molar-refractivity contribution in [3.05, 3.63) is 52.6 Å². The molecule has 2 aromatic heterocycles. The van der Waals surface area contributed by atoms with Crippen LogP contribution in [0.2, 0.25) is 0 Å². The zero-order valence-electron chi connectivity index (χ0n) is 13.0. The lowest BCUT2D eigenvalue weighted by Gasteiger charge is -2.07. The first-order valence-corrected chi connectivity index (χ1v) is 9.63. The van der Waals surface area contributed by atoms with E-state index in [1.54, 1.807) is 10.8 Å². The highest BCUT2D eigenvalue weighted by molar-refractivity contribution is 7.90. The molecule has 11 heteroatoms. The van der Waals surface area contributed by atoms with Crippen molar-refractivity contribution in [1.29, 1.82) is 0 Å². The maximum atomic E-state index is 13.6. The van der Waals surface area contributed by atoms with Crippen molar-refractivity contribution in [2.45, 2.75) is 17.7 Å². The van der Waals surface area contributed by atoms with Gasteiger partial charge in [-0.25, -0.2) is 21.9 Å². The number of amides is 1. The van der Waals surface area contributed by atoms with Crippen LogP contribution in [0.4, 0.5) is 8.78 Å². The SMILES string of the molecule is O=C(CCc1nnc(-c2ccsc2)o1)NS(=O)(=O)c1ccc(F)cc1F. The summed E-state index contributed by atoms with van der Waals surface area (Å²) in [6, 6.07) is 3.74. The van der Waals surface area contributed by atoms with Gasteiger partial charge in [-0.1, -0.05) is 0 Å². The number of carbonyl (C=O) groups excluding carboxylic acids is 1. The van der Waals surface area contributed by atoms with E-state index in [9.17, 15) is 22.0 Å². The molecular weight excluding hydrogens is 388 g/mol. The molecule has 0 aliphatic rings. The maximum Gasteiger partial charge on any atom is 0.266 e. The summed E-state index contributed by atoms with van der Waals surface area (Å²) < 4.78 is 57.5. The summed E-state index contributed by atoms with van der Waals surface area (Å²) in [6.07, 6.45) is -0.266. The molecule has 0 atom stereocenters. The number of aryl methyl sites for hydroxylation is 1. The summed E-state index contributed by atoms with van der Waals surface area (Å²) in [6.45, 7) is 0. The van der Waals surface area contributed by atoms with Crippen molar-refractivity contribution in [3.8, 4) is 11.5 Å². The average molecular weight is 399 g/mol. The van der Waals surface area contributed by atoms with Crippen molar-refractivity contribution in [3.63, 3.8) is 0 Å². The summed E-state index contributed by atoms with van der Waals surface area (Å²) >= 11 is 1.46. The molecular formula is C15H11F2N3O4S2. The van der Waals surface area contributed by atoms with Crippen molar-refractivity contribution in [2.75, 3.05) is 0 Å². The lowest BCUT2D eigenvalue weighted by molar-refractivity contribution is -0.119. The molecule has 136 valence electrons. The normalized spacial score (nSPS) is 11.5. The minimum Gasteiger partial charge on any atom is -0.421 e. The molecule has 0 spiro atoms. The van der Waals surface area contributed by atoms with Crippen molar-refractivity contribution in [2.24, 2.45) is 0 Å². The Kier molecular flexibility index (Phi) is 5.09. The molecule has 0 bridgehead atoms.